The van der Waals surface area contributed by atoms with E-state index in [1.165, 1.54) is 24.3 Å². The van der Waals surface area contributed by atoms with Gasteiger partial charge < -0.3 is 31.9 Å². The highest BCUT2D eigenvalue weighted by atomic mass is 16.3. The van der Waals surface area contributed by atoms with E-state index in [1.807, 2.05) is 0 Å². The molecule has 6 heteroatoms. The molecule has 1 aliphatic rings. The first-order valence-corrected chi connectivity index (χ1v) is 8.82. The molecule has 0 bridgehead atoms. The second-order valence-electron chi connectivity index (χ2n) is 7.52. The number of hydrogen-bond acceptors (Lipinski definition) is 6. The Hall–Kier alpha value is -2.44. The summed E-state index contributed by atoms with van der Waals surface area (Å²) in [7, 11) is 0. The zero-order chi connectivity index (χ0) is 18.9. The minimum atomic E-state index is -0.692. The predicted molar refractivity (Wildman–Crippen MR) is 99.3 cm³/mol. The Bertz CT molecular complexity index is 743. The van der Waals surface area contributed by atoms with Gasteiger partial charge in [-0.15, -0.1) is 0 Å². The number of phenols is 4. The van der Waals surface area contributed by atoms with Crippen molar-refractivity contribution in [3.8, 4) is 23.0 Å². The fourth-order valence-electron chi connectivity index (χ4n) is 3.99. The molecule has 3 rings (SSSR count). The molecule has 6 nitrogen and oxygen atoms in total. The summed E-state index contributed by atoms with van der Waals surface area (Å²) >= 11 is 0. The predicted octanol–water partition coefficient (Wildman–Crippen LogP) is 2.26. The van der Waals surface area contributed by atoms with Crippen molar-refractivity contribution >= 4 is 0 Å². The number of aromatic hydroxyl groups is 4. The van der Waals surface area contributed by atoms with Gasteiger partial charge in [0.2, 0.25) is 0 Å². The zero-order valence-electron chi connectivity index (χ0n) is 14.7. The summed E-state index contributed by atoms with van der Waals surface area (Å²) in [6, 6.07) is 9.42. The first kappa shape index (κ1) is 18.4. The highest BCUT2D eigenvalue weighted by Gasteiger charge is 2.47. The molecule has 140 valence electrons. The number of benzene rings is 2. The van der Waals surface area contributed by atoms with Crippen LogP contribution in [0, 0.1) is 0 Å². The van der Waals surface area contributed by atoms with Crippen LogP contribution >= 0.6 is 0 Å². The van der Waals surface area contributed by atoms with Crippen LogP contribution in [0.5, 0.6) is 23.0 Å². The minimum absolute atomic E-state index is 0.165. The lowest BCUT2D eigenvalue weighted by Crippen LogP contribution is -2.69. The van der Waals surface area contributed by atoms with E-state index in [0.29, 0.717) is 12.8 Å². The molecule has 26 heavy (non-hydrogen) atoms. The van der Waals surface area contributed by atoms with Crippen LogP contribution in [-0.2, 0) is 12.8 Å². The topological polar surface area (TPSA) is 133 Å². The van der Waals surface area contributed by atoms with E-state index in [4.69, 9.17) is 11.5 Å². The van der Waals surface area contributed by atoms with Crippen molar-refractivity contribution in [3.05, 3.63) is 47.5 Å². The molecule has 0 amide bonds. The van der Waals surface area contributed by atoms with Gasteiger partial charge in [0.15, 0.2) is 23.0 Å². The lowest BCUT2D eigenvalue weighted by molar-refractivity contribution is 0.145. The SMILES string of the molecule is N[C@]1(Cc2ccc(O)c(O)c2)CCCC[C@]1(N)Cc1ccc(O)c(O)c1. The summed E-state index contributed by atoms with van der Waals surface area (Å²) < 4.78 is 0. The standard InChI is InChI=1S/C20H26N2O4/c21-19(11-13-3-5-15(23)17(25)9-13)7-1-2-8-20(19,22)12-14-4-6-16(24)18(26)10-14/h3-6,9-10,23-26H,1-2,7-8,11-12,21-22H2/t19-,20-/m0/s1. The molecule has 0 aliphatic heterocycles. The van der Waals surface area contributed by atoms with Crippen LogP contribution in [0.3, 0.4) is 0 Å². The molecule has 1 aliphatic carbocycles. The fourth-order valence-corrected chi connectivity index (χ4v) is 3.99. The lowest BCUT2D eigenvalue weighted by atomic mass is 9.63. The molecule has 0 aromatic heterocycles. The fraction of sp³-hybridized carbons (Fsp3) is 0.400. The molecule has 0 spiro atoms. The van der Waals surface area contributed by atoms with Gasteiger partial charge in [-0.2, -0.15) is 0 Å². The normalized spacial score (nSPS) is 25.9. The highest BCUT2D eigenvalue weighted by Crippen LogP contribution is 2.40. The van der Waals surface area contributed by atoms with Gasteiger partial charge in [-0.3, -0.25) is 0 Å². The number of hydrogen-bond donors (Lipinski definition) is 6. The van der Waals surface area contributed by atoms with E-state index < -0.39 is 11.1 Å². The molecule has 1 saturated carbocycles. The van der Waals surface area contributed by atoms with Gasteiger partial charge in [-0.05, 0) is 61.1 Å². The Morgan fingerprint density at radius 1 is 0.654 bits per heavy atom. The van der Waals surface area contributed by atoms with E-state index in [0.717, 1.165) is 36.8 Å². The van der Waals surface area contributed by atoms with Gasteiger partial charge in [-0.1, -0.05) is 25.0 Å². The summed E-state index contributed by atoms with van der Waals surface area (Å²) in [6.45, 7) is 0. The van der Waals surface area contributed by atoms with Crippen molar-refractivity contribution in [2.75, 3.05) is 0 Å². The summed E-state index contributed by atoms with van der Waals surface area (Å²) in [5.74, 6) is -0.676. The maximum absolute atomic E-state index is 9.76. The van der Waals surface area contributed by atoms with Gasteiger partial charge in [0.1, 0.15) is 0 Å². The van der Waals surface area contributed by atoms with Crippen molar-refractivity contribution in [2.45, 2.75) is 49.6 Å². The summed E-state index contributed by atoms with van der Waals surface area (Å²) in [5, 5.41) is 38.5. The van der Waals surface area contributed by atoms with Crippen molar-refractivity contribution in [2.24, 2.45) is 11.5 Å². The molecule has 0 saturated heterocycles. The van der Waals surface area contributed by atoms with Crippen LogP contribution in [0.2, 0.25) is 0 Å². The monoisotopic (exact) mass is 358 g/mol. The third-order valence-electron chi connectivity index (χ3n) is 5.61. The Morgan fingerprint density at radius 3 is 1.38 bits per heavy atom. The molecule has 0 unspecified atom stereocenters. The number of rotatable bonds is 4. The van der Waals surface area contributed by atoms with Gasteiger partial charge in [0, 0.05) is 11.1 Å². The van der Waals surface area contributed by atoms with Crippen LogP contribution in [0.1, 0.15) is 36.8 Å². The smallest absolute Gasteiger partial charge is 0.157 e. The van der Waals surface area contributed by atoms with Crippen molar-refractivity contribution < 1.29 is 20.4 Å². The Morgan fingerprint density at radius 2 is 1.04 bits per heavy atom. The maximum Gasteiger partial charge on any atom is 0.157 e. The number of nitrogens with two attached hydrogens (primary N) is 2. The first-order valence-electron chi connectivity index (χ1n) is 8.82. The molecule has 1 fully saturated rings. The third kappa shape index (κ3) is 3.43. The molecule has 2 atom stereocenters. The molecule has 8 N–H and O–H groups in total. The van der Waals surface area contributed by atoms with E-state index in [9.17, 15) is 20.4 Å². The van der Waals surface area contributed by atoms with Crippen LogP contribution in [0.15, 0.2) is 36.4 Å². The Balaban J connectivity index is 1.89. The van der Waals surface area contributed by atoms with Crippen LogP contribution < -0.4 is 11.5 Å². The molecule has 2 aromatic rings. The highest BCUT2D eigenvalue weighted by molar-refractivity contribution is 5.43. The average molecular weight is 358 g/mol. The summed E-state index contributed by atoms with van der Waals surface area (Å²) in [5.41, 5.74) is 13.8. The van der Waals surface area contributed by atoms with E-state index in [1.54, 1.807) is 12.1 Å². The maximum atomic E-state index is 9.76. The van der Waals surface area contributed by atoms with Gasteiger partial charge in [-0.25, -0.2) is 0 Å². The van der Waals surface area contributed by atoms with E-state index in [-0.39, 0.29) is 23.0 Å². The quantitative estimate of drug-likeness (QED) is 0.465. The van der Waals surface area contributed by atoms with Crippen molar-refractivity contribution in [3.63, 3.8) is 0 Å². The first-order chi connectivity index (χ1) is 12.2. The van der Waals surface area contributed by atoms with Crippen molar-refractivity contribution in [1.82, 2.24) is 0 Å². The summed E-state index contributed by atoms with van der Waals surface area (Å²) in [4.78, 5) is 0. The molecule has 0 radical (unpaired) electrons. The van der Waals surface area contributed by atoms with E-state index >= 15 is 0 Å². The van der Waals surface area contributed by atoms with Gasteiger partial charge in [0.05, 0.1) is 0 Å². The number of phenolic OH excluding ortho intramolecular Hbond substituents is 4. The third-order valence-corrected chi connectivity index (χ3v) is 5.61. The minimum Gasteiger partial charge on any atom is -0.504 e. The van der Waals surface area contributed by atoms with E-state index in [2.05, 4.69) is 0 Å². The van der Waals surface area contributed by atoms with Crippen molar-refractivity contribution in [1.29, 1.82) is 0 Å². The second kappa shape index (κ2) is 6.70. The molecule has 2 aromatic carbocycles. The second-order valence-corrected chi connectivity index (χ2v) is 7.52. The summed E-state index contributed by atoms with van der Waals surface area (Å²) in [6.07, 6.45) is 4.38. The largest absolute Gasteiger partial charge is 0.504 e. The Kier molecular flexibility index (Phi) is 4.73. The molecule has 0 heterocycles. The average Bonchev–Trinajstić information content (AvgIpc) is 2.58. The molecular formula is C20H26N2O4. The van der Waals surface area contributed by atoms with Crippen LogP contribution in [0.25, 0.3) is 0 Å². The Labute approximate surface area is 152 Å². The van der Waals surface area contributed by atoms with Gasteiger partial charge >= 0.3 is 0 Å². The molecular weight excluding hydrogens is 332 g/mol. The van der Waals surface area contributed by atoms with Crippen LogP contribution in [-0.4, -0.2) is 31.5 Å². The zero-order valence-corrected chi connectivity index (χ0v) is 14.7. The van der Waals surface area contributed by atoms with Crippen LogP contribution in [0.4, 0.5) is 0 Å². The lowest BCUT2D eigenvalue weighted by Gasteiger charge is -2.50. The van der Waals surface area contributed by atoms with Gasteiger partial charge in [0.25, 0.3) is 0 Å².